The van der Waals surface area contributed by atoms with Crippen LogP contribution in [-0.4, -0.2) is 15.9 Å². The number of thiophene rings is 1. The van der Waals surface area contributed by atoms with Gasteiger partial charge in [-0.1, -0.05) is 36.2 Å². The summed E-state index contributed by atoms with van der Waals surface area (Å²) >= 11 is 1.60. The number of nitrogens with two attached hydrogens (primary N) is 1. The molecule has 1 saturated carbocycles. The summed E-state index contributed by atoms with van der Waals surface area (Å²) in [6.07, 6.45) is 4.80. The minimum atomic E-state index is -0.449. The van der Waals surface area contributed by atoms with E-state index in [-0.39, 0.29) is 18.2 Å². The van der Waals surface area contributed by atoms with Crippen molar-refractivity contribution in [2.24, 2.45) is 5.73 Å². The first-order valence-electron chi connectivity index (χ1n) is 8.27. The van der Waals surface area contributed by atoms with E-state index in [4.69, 9.17) is 10.3 Å². The van der Waals surface area contributed by atoms with E-state index < -0.39 is 5.54 Å². The van der Waals surface area contributed by atoms with Gasteiger partial charge in [0.2, 0.25) is 5.89 Å². The second-order valence-corrected chi connectivity index (χ2v) is 7.35. The number of Topliss-reactive ketones (excluding diaryl/α,β-unsaturated/α-hetero) is 1. The molecular weight excluding hydrogens is 358 g/mol. The Bertz CT molecular complexity index is 883. The lowest BCUT2D eigenvalue weighted by Crippen LogP contribution is -2.34. The Morgan fingerprint density at radius 3 is 2.84 bits per heavy atom. The van der Waals surface area contributed by atoms with Gasteiger partial charge in [0.15, 0.2) is 11.6 Å². The molecule has 2 aromatic heterocycles. The van der Waals surface area contributed by atoms with E-state index in [9.17, 15) is 4.79 Å². The molecule has 0 unspecified atom stereocenters. The van der Waals surface area contributed by atoms with Crippen LogP contribution in [0.4, 0.5) is 0 Å². The Labute approximate surface area is 156 Å². The fraction of sp³-hybridized carbons (Fsp3) is 0.389. The monoisotopic (exact) mass is 377 g/mol. The number of hydrogen-bond donors (Lipinski definition) is 1. The number of rotatable bonds is 5. The van der Waals surface area contributed by atoms with Gasteiger partial charge in [0.1, 0.15) is 0 Å². The molecular formula is C18H20ClN3O2S. The number of halogens is 1. The fourth-order valence-corrected chi connectivity index (χ4v) is 4.30. The van der Waals surface area contributed by atoms with Crippen LogP contribution in [0.15, 0.2) is 34.2 Å². The number of ketones is 1. The minimum Gasteiger partial charge on any atom is -0.339 e. The maximum atomic E-state index is 12.5. The summed E-state index contributed by atoms with van der Waals surface area (Å²) in [5.41, 5.74) is 6.67. The van der Waals surface area contributed by atoms with E-state index in [0.29, 0.717) is 24.6 Å². The summed E-state index contributed by atoms with van der Waals surface area (Å²) in [7, 11) is 0. The standard InChI is InChI=1S/C18H19N3O2S.ClH/c19-18(9-3-4-10-18)17-20-16(23-21-17)8-7-14(22)13-11-24-15-6-2-1-5-12(13)15;/h1-2,5-6,11H,3-4,7-10,19H2;1H. The molecule has 0 bridgehead atoms. The molecule has 1 aliphatic carbocycles. The van der Waals surface area contributed by atoms with E-state index >= 15 is 0 Å². The predicted molar refractivity (Wildman–Crippen MR) is 100 cm³/mol. The van der Waals surface area contributed by atoms with Crippen molar-refractivity contribution in [1.82, 2.24) is 10.1 Å². The lowest BCUT2D eigenvalue weighted by molar-refractivity contribution is 0.0981. The zero-order valence-electron chi connectivity index (χ0n) is 13.7. The van der Waals surface area contributed by atoms with E-state index in [2.05, 4.69) is 10.1 Å². The first-order chi connectivity index (χ1) is 11.7. The molecule has 3 aromatic rings. The van der Waals surface area contributed by atoms with Gasteiger partial charge in [-0.3, -0.25) is 4.79 Å². The largest absolute Gasteiger partial charge is 0.339 e. The fourth-order valence-electron chi connectivity index (χ4n) is 3.34. The summed E-state index contributed by atoms with van der Waals surface area (Å²) in [4.78, 5) is 16.9. The average molecular weight is 378 g/mol. The zero-order valence-corrected chi connectivity index (χ0v) is 15.4. The Morgan fingerprint density at radius 1 is 1.28 bits per heavy atom. The molecule has 1 fully saturated rings. The highest BCUT2D eigenvalue weighted by Gasteiger charge is 2.35. The van der Waals surface area contributed by atoms with Crippen LogP contribution >= 0.6 is 23.7 Å². The molecule has 4 rings (SSSR count). The van der Waals surface area contributed by atoms with Crippen LogP contribution in [0.5, 0.6) is 0 Å². The van der Waals surface area contributed by atoms with Gasteiger partial charge < -0.3 is 10.3 Å². The van der Waals surface area contributed by atoms with Crippen LogP contribution < -0.4 is 5.73 Å². The van der Waals surface area contributed by atoms with Crippen LogP contribution in [0.3, 0.4) is 0 Å². The normalized spacial score (nSPS) is 16.0. The number of nitrogens with zero attached hydrogens (tertiary/aromatic N) is 2. The number of aryl methyl sites for hydroxylation is 1. The zero-order chi connectivity index (χ0) is 16.6. The average Bonchev–Trinajstić information content (AvgIpc) is 3.32. The van der Waals surface area contributed by atoms with Crippen LogP contribution in [0.25, 0.3) is 10.1 Å². The molecule has 2 N–H and O–H groups in total. The van der Waals surface area contributed by atoms with E-state index in [1.807, 2.05) is 29.6 Å². The third-order valence-electron chi connectivity index (χ3n) is 4.76. The lowest BCUT2D eigenvalue weighted by atomic mass is 9.99. The molecule has 1 aromatic carbocycles. The Kier molecular flexibility index (Phi) is 5.22. The second-order valence-electron chi connectivity index (χ2n) is 6.44. The summed E-state index contributed by atoms with van der Waals surface area (Å²) < 4.78 is 6.44. The quantitative estimate of drug-likeness (QED) is 0.672. The summed E-state index contributed by atoms with van der Waals surface area (Å²) in [5.74, 6) is 1.19. The summed E-state index contributed by atoms with van der Waals surface area (Å²) in [5, 5.41) is 6.99. The molecule has 25 heavy (non-hydrogen) atoms. The van der Waals surface area contributed by atoms with Gasteiger partial charge >= 0.3 is 0 Å². The molecule has 0 saturated heterocycles. The van der Waals surface area contributed by atoms with Gasteiger partial charge in [-0.05, 0) is 18.9 Å². The third kappa shape index (κ3) is 3.47. The highest BCUT2D eigenvalue weighted by molar-refractivity contribution is 7.17. The maximum absolute atomic E-state index is 12.5. The number of carbonyl (C=O) groups excluding carboxylic acids is 1. The Hall–Kier alpha value is -1.76. The number of aromatic nitrogens is 2. The lowest BCUT2D eigenvalue weighted by Gasteiger charge is -2.17. The number of fused-ring (bicyclic) bond motifs is 1. The van der Waals surface area contributed by atoms with Gasteiger partial charge in [-0.2, -0.15) is 4.98 Å². The second kappa shape index (κ2) is 7.23. The van der Waals surface area contributed by atoms with Crippen molar-refractivity contribution >= 4 is 39.6 Å². The van der Waals surface area contributed by atoms with E-state index in [0.717, 1.165) is 41.3 Å². The van der Waals surface area contributed by atoms with Crippen molar-refractivity contribution in [2.75, 3.05) is 0 Å². The third-order valence-corrected chi connectivity index (χ3v) is 5.72. The van der Waals surface area contributed by atoms with Gasteiger partial charge in [-0.15, -0.1) is 23.7 Å². The molecule has 1 aliphatic rings. The van der Waals surface area contributed by atoms with Gasteiger partial charge in [0.05, 0.1) is 5.54 Å². The number of hydrogen-bond acceptors (Lipinski definition) is 6. The van der Waals surface area contributed by atoms with E-state index in [1.165, 1.54) is 0 Å². The number of benzene rings is 1. The Balaban J connectivity index is 0.00000182. The summed E-state index contributed by atoms with van der Waals surface area (Å²) in [6, 6.07) is 7.96. The smallest absolute Gasteiger partial charge is 0.227 e. The highest BCUT2D eigenvalue weighted by atomic mass is 35.5. The first-order valence-corrected chi connectivity index (χ1v) is 9.15. The molecule has 0 radical (unpaired) electrons. The Morgan fingerprint density at radius 2 is 2.04 bits per heavy atom. The van der Waals surface area contributed by atoms with Crippen LogP contribution in [0, 0.1) is 0 Å². The molecule has 0 amide bonds. The van der Waals surface area contributed by atoms with Gasteiger partial charge in [-0.25, -0.2) is 0 Å². The van der Waals surface area contributed by atoms with Crippen LogP contribution in [0.1, 0.15) is 54.2 Å². The highest BCUT2D eigenvalue weighted by Crippen LogP contribution is 2.34. The van der Waals surface area contributed by atoms with Crippen molar-refractivity contribution in [3.05, 3.63) is 46.9 Å². The first kappa shape index (κ1) is 18.0. The molecule has 132 valence electrons. The maximum Gasteiger partial charge on any atom is 0.227 e. The number of carbonyl (C=O) groups is 1. The SMILES string of the molecule is Cl.NC1(c2noc(CCC(=O)c3csc4ccccc34)n2)CCCC1. The molecule has 5 nitrogen and oxygen atoms in total. The molecule has 0 atom stereocenters. The summed E-state index contributed by atoms with van der Waals surface area (Å²) in [6.45, 7) is 0. The van der Waals surface area contributed by atoms with Crippen molar-refractivity contribution in [2.45, 2.75) is 44.1 Å². The molecule has 7 heteroatoms. The minimum absolute atomic E-state index is 0. The molecule has 0 aliphatic heterocycles. The topological polar surface area (TPSA) is 82.0 Å². The van der Waals surface area contributed by atoms with Crippen molar-refractivity contribution in [3.63, 3.8) is 0 Å². The molecule has 0 spiro atoms. The molecule has 2 heterocycles. The van der Waals surface area contributed by atoms with Crippen molar-refractivity contribution in [1.29, 1.82) is 0 Å². The predicted octanol–water partition coefficient (Wildman–Crippen LogP) is 4.25. The van der Waals surface area contributed by atoms with Crippen molar-refractivity contribution < 1.29 is 9.32 Å². The van der Waals surface area contributed by atoms with Gasteiger partial charge in [0, 0.05) is 33.9 Å². The van der Waals surface area contributed by atoms with Crippen LogP contribution in [-0.2, 0) is 12.0 Å². The van der Waals surface area contributed by atoms with Crippen molar-refractivity contribution in [3.8, 4) is 0 Å². The van der Waals surface area contributed by atoms with E-state index in [1.54, 1.807) is 11.3 Å². The van der Waals surface area contributed by atoms with Gasteiger partial charge in [0.25, 0.3) is 0 Å². The van der Waals surface area contributed by atoms with Crippen LogP contribution in [0.2, 0.25) is 0 Å².